The third-order valence-corrected chi connectivity index (χ3v) is 4.96. The number of nitrogens with one attached hydrogen (secondary N) is 1. The van der Waals surface area contributed by atoms with Crippen molar-refractivity contribution in [3.63, 3.8) is 0 Å². The summed E-state index contributed by atoms with van der Waals surface area (Å²) in [5.74, 6) is 1.20. The highest BCUT2D eigenvalue weighted by molar-refractivity contribution is 6.32. The van der Waals surface area contributed by atoms with Crippen molar-refractivity contribution in [2.24, 2.45) is 4.99 Å². The van der Waals surface area contributed by atoms with Crippen molar-refractivity contribution in [3.05, 3.63) is 78.1 Å². The van der Waals surface area contributed by atoms with Crippen LogP contribution in [-0.2, 0) is 0 Å². The van der Waals surface area contributed by atoms with Crippen LogP contribution < -0.4 is 14.8 Å². The lowest BCUT2D eigenvalue weighted by Gasteiger charge is -2.17. The molecular formula is C25H23ClN4O2. The van der Waals surface area contributed by atoms with Gasteiger partial charge in [-0.3, -0.25) is 9.98 Å². The number of aliphatic imine (C=N–C) groups is 1. The molecule has 0 saturated heterocycles. The SMILES string of the molecule is C=CN=C(C=C)COc1ccc(Nc2c(C#N)cnc3ccc(C)c(OCC)c23)cc1Cl. The number of ether oxygens (including phenoxy) is 2. The Labute approximate surface area is 192 Å². The molecule has 1 heterocycles. The van der Waals surface area contributed by atoms with Crippen LogP contribution in [-0.4, -0.2) is 23.9 Å². The summed E-state index contributed by atoms with van der Waals surface area (Å²) < 4.78 is 11.6. The molecule has 162 valence electrons. The summed E-state index contributed by atoms with van der Waals surface area (Å²) in [5, 5.41) is 14.2. The van der Waals surface area contributed by atoms with Crippen LogP contribution in [0.5, 0.6) is 11.5 Å². The Morgan fingerprint density at radius 3 is 2.75 bits per heavy atom. The number of aromatic nitrogens is 1. The first-order chi connectivity index (χ1) is 15.5. The first-order valence-electron chi connectivity index (χ1n) is 9.97. The second-order valence-corrected chi connectivity index (χ2v) is 7.17. The molecule has 3 rings (SSSR count). The van der Waals surface area contributed by atoms with Gasteiger partial charge in [-0.2, -0.15) is 5.26 Å². The molecule has 0 atom stereocenters. The number of hydrogen-bond acceptors (Lipinski definition) is 6. The Hall–Kier alpha value is -3.82. The maximum absolute atomic E-state index is 9.69. The minimum absolute atomic E-state index is 0.215. The molecule has 6 nitrogen and oxygen atoms in total. The van der Waals surface area contributed by atoms with Crippen molar-refractivity contribution in [1.29, 1.82) is 5.26 Å². The molecule has 0 amide bonds. The van der Waals surface area contributed by atoms with Gasteiger partial charge in [0.2, 0.25) is 0 Å². The van der Waals surface area contributed by atoms with Gasteiger partial charge >= 0.3 is 0 Å². The van der Waals surface area contributed by atoms with Gasteiger partial charge in [0.05, 0.1) is 39.5 Å². The fraction of sp³-hybridized carbons (Fsp3) is 0.160. The fourth-order valence-electron chi connectivity index (χ4n) is 3.16. The molecule has 0 unspecified atom stereocenters. The molecule has 1 aromatic heterocycles. The Balaban J connectivity index is 1.99. The standard InChI is InChI=1S/C25H23ClN4O2/c1-5-18(28-6-2)15-32-22-11-9-19(12-20(22)26)30-24-17(13-27)14-29-21-10-8-16(4)25(23(21)24)31-7-3/h5-6,8-12,14H,1-2,7,15H2,3-4H3,(H,29,30). The number of nitrogens with zero attached hydrogens (tertiary/aromatic N) is 3. The lowest BCUT2D eigenvalue weighted by Crippen LogP contribution is -2.08. The first-order valence-corrected chi connectivity index (χ1v) is 10.3. The fourth-order valence-corrected chi connectivity index (χ4v) is 3.40. The summed E-state index contributed by atoms with van der Waals surface area (Å²) in [7, 11) is 0. The van der Waals surface area contributed by atoms with Crippen LogP contribution in [0.4, 0.5) is 11.4 Å². The van der Waals surface area contributed by atoms with Crippen molar-refractivity contribution in [2.75, 3.05) is 18.5 Å². The monoisotopic (exact) mass is 446 g/mol. The third kappa shape index (κ3) is 4.90. The number of benzene rings is 2. The van der Waals surface area contributed by atoms with E-state index in [2.05, 4.69) is 34.5 Å². The Morgan fingerprint density at radius 2 is 2.09 bits per heavy atom. The summed E-state index contributed by atoms with van der Waals surface area (Å²) in [5.41, 5.74) is 4.03. The second kappa shape index (κ2) is 10.5. The minimum atomic E-state index is 0.215. The van der Waals surface area contributed by atoms with Crippen molar-refractivity contribution in [3.8, 4) is 17.6 Å². The number of pyridine rings is 1. The van der Waals surface area contributed by atoms with Gasteiger partial charge in [0.15, 0.2) is 0 Å². The molecule has 0 aliphatic carbocycles. The number of halogens is 1. The van der Waals surface area contributed by atoms with E-state index in [1.165, 1.54) is 6.20 Å². The Bertz CT molecular complexity index is 1240. The number of aryl methyl sites for hydroxylation is 1. The zero-order chi connectivity index (χ0) is 23.1. The molecule has 3 aromatic rings. The van der Waals surface area contributed by atoms with E-state index in [1.807, 2.05) is 32.0 Å². The highest BCUT2D eigenvalue weighted by Gasteiger charge is 2.16. The van der Waals surface area contributed by atoms with E-state index in [9.17, 15) is 5.26 Å². The number of nitriles is 1. The van der Waals surface area contributed by atoms with E-state index in [0.717, 1.165) is 16.5 Å². The highest BCUT2D eigenvalue weighted by Crippen LogP contribution is 2.38. The van der Waals surface area contributed by atoms with Gasteiger partial charge in [0.1, 0.15) is 24.2 Å². The van der Waals surface area contributed by atoms with Gasteiger partial charge in [-0.1, -0.05) is 30.8 Å². The quantitative estimate of drug-likeness (QED) is 0.387. The van der Waals surface area contributed by atoms with E-state index >= 15 is 0 Å². The van der Waals surface area contributed by atoms with Gasteiger partial charge in [0, 0.05) is 18.1 Å². The molecule has 0 saturated carbocycles. The molecule has 0 aliphatic heterocycles. The van der Waals surface area contributed by atoms with E-state index in [1.54, 1.807) is 24.4 Å². The average molecular weight is 447 g/mol. The average Bonchev–Trinajstić information content (AvgIpc) is 2.79. The molecule has 1 N–H and O–H groups in total. The highest BCUT2D eigenvalue weighted by atomic mass is 35.5. The van der Waals surface area contributed by atoms with Crippen LogP contribution in [0.2, 0.25) is 5.02 Å². The molecule has 7 heteroatoms. The Kier molecular flexibility index (Phi) is 7.48. The van der Waals surface area contributed by atoms with Crippen molar-refractivity contribution >= 4 is 39.6 Å². The van der Waals surface area contributed by atoms with Crippen LogP contribution in [0.1, 0.15) is 18.1 Å². The predicted octanol–water partition coefficient (Wildman–Crippen LogP) is 6.36. The molecule has 2 aromatic carbocycles. The first kappa shape index (κ1) is 22.9. The van der Waals surface area contributed by atoms with Crippen molar-refractivity contribution in [2.45, 2.75) is 13.8 Å². The topological polar surface area (TPSA) is 79.5 Å². The molecule has 32 heavy (non-hydrogen) atoms. The van der Waals surface area contributed by atoms with E-state index in [-0.39, 0.29) is 6.61 Å². The summed E-state index contributed by atoms with van der Waals surface area (Å²) in [6, 6.07) is 11.4. The third-order valence-electron chi connectivity index (χ3n) is 4.66. The van der Waals surface area contributed by atoms with Gasteiger partial charge in [-0.05, 0) is 49.8 Å². The maximum Gasteiger partial charge on any atom is 0.138 e. The lowest BCUT2D eigenvalue weighted by atomic mass is 10.1. The van der Waals surface area contributed by atoms with Gasteiger partial charge in [-0.15, -0.1) is 0 Å². The zero-order valence-corrected chi connectivity index (χ0v) is 18.7. The van der Waals surface area contributed by atoms with Gasteiger partial charge in [-0.25, -0.2) is 0 Å². The molecule has 0 aliphatic rings. The number of anilines is 2. The van der Waals surface area contributed by atoms with E-state index in [0.29, 0.717) is 45.8 Å². The molecule has 0 bridgehead atoms. The van der Waals surface area contributed by atoms with Crippen LogP contribution in [0, 0.1) is 18.3 Å². The summed E-state index contributed by atoms with van der Waals surface area (Å²) in [4.78, 5) is 8.49. The van der Waals surface area contributed by atoms with Crippen LogP contribution in [0.3, 0.4) is 0 Å². The van der Waals surface area contributed by atoms with Crippen LogP contribution >= 0.6 is 11.6 Å². The predicted molar refractivity (Wildman–Crippen MR) is 130 cm³/mol. The molecule has 0 fully saturated rings. The van der Waals surface area contributed by atoms with Crippen molar-refractivity contribution < 1.29 is 9.47 Å². The number of rotatable bonds is 9. The lowest BCUT2D eigenvalue weighted by molar-refractivity contribution is 0.342. The smallest absolute Gasteiger partial charge is 0.138 e. The van der Waals surface area contributed by atoms with Gasteiger partial charge in [0.25, 0.3) is 0 Å². The summed E-state index contributed by atoms with van der Waals surface area (Å²) in [6.45, 7) is 11.9. The zero-order valence-electron chi connectivity index (χ0n) is 18.0. The Morgan fingerprint density at radius 1 is 1.28 bits per heavy atom. The largest absolute Gasteiger partial charge is 0.493 e. The van der Waals surface area contributed by atoms with E-state index in [4.69, 9.17) is 21.1 Å². The summed E-state index contributed by atoms with van der Waals surface area (Å²) in [6.07, 6.45) is 4.57. The molecular weight excluding hydrogens is 424 g/mol. The molecule has 0 radical (unpaired) electrons. The number of fused-ring (bicyclic) bond motifs is 1. The van der Waals surface area contributed by atoms with Crippen LogP contribution in [0.25, 0.3) is 10.9 Å². The normalized spacial score (nSPS) is 11.0. The molecule has 0 spiro atoms. The number of hydrogen-bond donors (Lipinski definition) is 1. The maximum atomic E-state index is 9.69. The minimum Gasteiger partial charge on any atom is -0.493 e. The van der Waals surface area contributed by atoms with E-state index < -0.39 is 0 Å². The van der Waals surface area contributed by atoms with Gasteiger partial charge < -0.3 is 14.8 Å². The van der Waals surface area contributed by atoms with Crippen LogP contribution in [0.15, 0.2) is 67.0 Å². The summed E-state index contributed by atoms with van der Waals surface area (Å²) >= 11 is 6.44. The second-order valence-electron chi connectivity index (χ2n) is 6.76. The van der Waals surface area contributed by atoms with Crippen molar-refractivity contribution in [1.82, 2.24) is 4.98 Å².